The van der Waals surface area contributed by atoms with Gasteiger partial charge in [0.05, 0.1) is 7.11 Å². The molecule has 108 valence electrons. The first kappa shape index (κ1) is 14.2. The molecule has 0 spiro atoms. The molecule has 0 unspecified atom stereocenters. The van der Waals surface area contributed by atoms with Crippen LogP contribution in [0.3, 0.4) is 0 Å². The lowest BCUT2D eigenvalue weighted by molar-refractivity contribution is -0.133. The van der Waals surface area contributed by atoms with Crippen molar-refractivity contribution in [1.82, 2.24) is 4.90 Å². The van der Waals surface area contributed by atoms with Gasteiger partial charge in [0.1, 0.15) is 11.3 Å². The molecule has 2 rings (SSSR count). The topological polar surface area (TPSA) is 81.9 Å². The summed E-state index contributed by atoms with van der Waals surface area (Å²) in [7, 11) is 3.16. The average molecular weight is 278 g/mol. The molecule has 1 fully saturated rings. The van der Waals surface area contributed by atoms with E-state index in [1.165, 1.54) is 19.2 Å². The van der Waals surface area contributed by atoms with E-state index in [2.05, 4.69) is 0 Å². The Morgan fingerprint density at radius 3 is 2.70 bits per heavy atom. The van der Waals surface area contributed by atoms with Gasteiger partial charge < -0.3 is 20.1 Å². The summed E-state index contributed by atoms with van der Waals surface area (Å²) in [6, 6.07) is 4.93. The highest BCUT2D eigenvalue weighted by Gasteiger charge is 2.30. The molecule has 0 aliphatic heterocycles. The molecule has 0 saturated heterocycles. The van der Waals surface area contributed by atoms with Gasteiger partial charge in [0.25, 0.3) is 5.91 Å². The highest BCUT2D eigenvalue weighted by atomic mass is 16.5. The third-order valence-electron chi connectivity index (χ3n) is 3.26. The average Bonchev–Trinajstić information content (AvgIpc) is 3.27. The first-order chi connectivity index (χ1) is 9.52. The molecule has 2 N–H and O–H groups in total. The van der Waals surface area contributed by atoms with Gasteiger partial charge in [0, 0.05) is 24.8 Å². The van der Waals surface area contributed by atoms with Crippen LogP contribution < -0.4 is 10.5 Å². The Morgan fingerprint density at radius 1 is 1.40 bits per heavy atom. The Labute approximate surface area is 117 Å². The smallest absolute Gasteiger partial charge is 0.342 e. The summed E-state index contributed by atoms with van der Waals surface area (Å²) in [5.41, 5.74) is 6.35. The second kappa shape index (κ2) is 5.81. The monoisotopic (exact) mass is 278 g/mol. The number of nitrogens with zero attached hydrogens (tertiary/aromatic N) is 1. The molecule has 1 amide bonds. The fraction of sp³-hybridized carbons (Fsp3) is 0.429. The van der Waals surface area contributed by atoms with Crippen molar-refractivity contribution in [2.24, 2.45) is 0 Å². The number of carbonyl (C=O) groups excluding carboxylic acids is 2. The van der Waals surface area contributed by atoms with Crippen molar-refractivity contribution in [3.8, 4) is 5.75 Å². The zero-order valence-corrected chi connectivity index (χ0v) is 11.6. The SMILES string of the molecule is COc1cc(N)ccc1C(=O)OCC(=O)N(C)C1CC1. The van der Waals surface area contributed by atoms with Crippen molar-refractivity contribution in [2.75, 3.05) is 26.5 Å². The van der Waals surface area contributed by atoms with Crippen LogP contribution in [0.1, 0.15) is 23.2 Å². The third kappa shape index (κ3) is 3.20. The highest BCUT2D eigenvalue weighted by Crippen LogP contribution is 2.25. The van der Waals surface area contributed by atoms with Gasteiger partial charge in [-0.2, -0.15) is 0 Å². The van der Waals surface area contributed by atoms with E-state index in [9.17, 15) is 9.59 Å². The van der Waals surface area contributed by atoms with Crippen molar-refractivity contribution in [3.05, 3.63) is 23.8 Å². The summed E-state index contributed by atoms with van der Waals surface area (Å²) in [6.07, 6.45) is 2.03. The van der Waals surface area contributed by atoms with Crippen LogP contribution in [0.5, 0.6) is 5.75 Å². The van der Waals surface area contributed by atoms with Crippen LogP contribution in [-0.4, -0.2) is 43.6 Å². The number of nitrogens with two attached hydrogens (primary N) is 1. The number of likely N-dealkylation sites (N-methyl/N-ethyl adjacent to an activating group) is 1. The number of hydrogen-bond donors (Lipinski definition) is 1. The first-order valence-corrected chi connectivity index (χ1v) is 6.39. The molecular weight excluding hydrogens is 260 g/mol. The molecule has 0 aromatic heterocycles. The van der Waals surface area contributed by atoms with Crippen LogP contribution in [0.25, 0.3) is 0 Å². The summed E-state index contributed by atoms with van der Waals surface area (Å²) in [4.78, 5) is 25.3. The van der Waals surface area contributed by atoms with Gasteiger partial charge in [-0.15, -0.1) is 0 Å². The van der Waals surface area contributed by atoms with Crippen LogP contribution >= 0.6 is 0 Å². The van der Waals surface area contributed by atoms with E-state index in [0.29, 0.717) is 17.5 Å². The maximum Gasteiger partial charge on any atom is 0.342 e. The van der Waals surface area contributed by atoms with E-state index < -0.39 is 5.97 Å². The summed E-state index contributed by atoms with van der Waals surface area (Å²) < 4.78 is 10.1. The molecule has 0 radical (unpaired) electrons. The molecule has 1 saturated carbocycles. The molecule has 1 aromatic rings. The normalized spacial score (nSPS) is 13.7. The van der Waals surface area contributed by atoms with E-state index in [-0.39, 0.29) is 18.1 Å². The fourth-order valence-electron chi connectivity index (χ4n) is 1.85. The molecule has 0 bridgehead atoms. The zero-order chi connectivity index (χ0) is 14.7. The maximum absolute atomic E-state index is 11.9. The lowest BCUT2D eigenvalue weighted by atomic mass is 10.2. The van der Waals surface area contributed by atoms with Crippen LogP contribution in [0, 0.1) is 0 Å². The van der Waals surface area contributed by atoms with Crippen LogP contribution in [0.4, 0.5) is 5.69 Å². The lowest BCUT2D eigenvalue weighted by Gasteiger charge is -2.16. The van der Waals surface area contributed by atoms with Crippen molar-refractivity contribution in [3.63, 3.8) is 0 Å². The van der Waals surface area contributed by atoms with Gasteiger partial charge in [-0.3, -0.25) is 4.79 Å². The number of nitrogen functional groups attached to an aromatic ring is 1. The van der Waals surface area contributed by atoms with E-state index >= 15 is 0 Å². The van der Waals surface area contributed by atoms with Crippen molar-refractivity contribution >= 4 is 17.6 Å². The Hall–Kier alpha value is -2.24. The summed E-state index contributed by atoms with van der Waals surface area (Å²) in [5, 5.41) is 0. The number of ether oxygens (including phenoxy) is 2. The lowest BCUT2D eigenvalue weighted by Crippen LogP contribution is -2.32. The number of rotatable bonds is 5. The quantitative estimate of drug-likeness (QED) is 0.643. The van der Waals surface area contributed by atoms with Gasteiger partial charge >= 0.3 is 5.97 Å². The van der Waals surface area contributed by atoms with Crippen molar-refractivity contribution < 1.29 is 19.1 Å². The number of hydrogen-bond acceptors (Lipinski definition) is 5. The van der Waals surface area contributed by atoms with E-state index in [0.717, 1.165) is 12.8 Å². The van der Waals surface area contributed by atoms with Crippen LogP contribution in [0.2, 0.25) is 0 Å². The van der Waals surface area contributed by atoms with Gasteiger partial charge in [0.15, 0.2) is 6.61 Å². The summed E-state index contributed by atoms with van der Waals surface area (Å²) in [6.45, 7) is -0.265. The molecule has 6 heteroatoms. The Bertz CT molecular complexity index is 526. The van der Waals surface area contributed by atoms with Crippen LogP contribution in [0.15, 0.2) is 18.2 Å². The predicted octanol–water partition coefficient (Wildman–Crippen LogP) is 1.05. The zero-order valence-electron chi connectivity index (χ0n) is 11.6. The molecular formula is C14H18N2O4. The largest absolute Gasteiger partial charge is 0.496 e. The molecule has 0 atom stereocenters. The molecule has 1 aliphatic carbocycles. The molecule has 20 heavy (non-hydrogen) atoms. The van der Waals surface area contributed by atoms with Crippen LogP contribution in [-0.2, 0) is 9.53 Å². The summed E-state index contributed by atoms with van der Waals surface area (Å²) in [5.74, 6) is -0.465. The highest BCUT2D eigenvalue weighted by molar-refractivity contribution is 5.94. The standard InChI is InChI=1S/C14H18N2O4/c1-16(10-4-5-10)13(17)8-20-14(18)11-6-3-9(15)7-12(11)19-2/h3,6-7,10H,4-5,8,15H2,1-2H3. The molecule has 0 heterocycles. The predicted molar refractivity (Wildman–Crippen MR) is 73.5 cm³/mol. The molecule has 6 nitrogen and oxygen atoms in total. The molecule has 1 aliphatic rings. The first-order valence-electron chi connectivity index (χ1n) is 6.39. The Morgan fingerprint density at radius 2 is 2.10 bits per heavy atom. The maximum atomic E-state index is 11.9. The van der Waals surface area contributed by atoms with E-state index in [1.807, 2.05) is 0 Å². The number of esters is 1. The number of methoxy groups -OCH3 is 1. The van der Waals surface area contributed by atoms with Gasteiger partial charge in [0.2, 0.25) is 0 Å². The number of amides is 1. The Kier molecular flexibility index (Phi) is 4.12. The Balaban J connectivity index is 1.96. The van der Waals surface area contributed by atoms with Gasteiger partial charge in [-0.1, -0.05) is 0 Å². The minimum Gasteiger partial charge on any atom is -0.496 e. The fourth-order valence-corrected chi connectivity index (χ4v) is 1.85. The second-order valence-corrected chi connectivity index (χ2v) is 4.77. The number of anilines is 1. The minimum atomic E-state index is -0.598. The molecule has 1 aromatic carbocycles. The van der Waals surface area contributed by atoms with Gasteiger partial charge in [-0.25, -0.2) is 4.79 Å². The number of benzene rings is 1. The van der Waals surface area contributed by atoms with E-state index in [1.54, 1.807) is 18.0 Å². The number of carbonyl (C=O) groups is 2. The second-order valence-electron chi connectivity index (χ2n) is 4.77. The van der Waals surface area contributed by atoms with Crippen molar-refractivity contribution in [1.29, 1.82) is 0 Å². The summed E-state index contributed by atoms with van der Waals surface area (Å²) >= 11 is 0. The third-order valence-corrected chi connectivity index (χ3v) is 3.26. The van der Waals surface area contributed by atoms with Crippen molar-refractivity contribution in [2.45, 2.75) is 18.9 Å². The van der Waals surface area contributed by atoms with E-state index in [4.69, 9.17) is 15.2 Å². The minimum absolute atomic E-state index is 0.199. The van der Waals surface area contributed by atoms with Gasteiger partial charge in [-0.05, 0) is 25.0 Å².